The number of ether oxygens (including phenoxy) is 2. The minimum Gasteiger partial charge on any atom is -0.465 e. The molecule has 7 unspecified atom stereocenters. The molecule has 2 saturated carbocycles. The Morgan fingerprint density at radius 3 is 2.70 bits per heavy atom. The van der Waals surface area contributed by atoms with Crippen molar-refractivity contribution in [2.24, 2.45) is 23.7 Å². The first-order valence-electron chi connectivity index (χ1n) is 8.04. The van der Waals surface area contributed by atoms with Crippen molar-refractivity contribution in [1.82, 2.24) is 0 Å². The molecule has 3 aliphatic rings. The molecule has 7 atom stereocenters. The van der Waals surface area contributed by atoms with Gasteiger partial charge in [-0.05, 0) is 49.9 Å². The van der Waals surface area contributed by atoms with Crippen LogP contribution in [0.3, 0.4) is 0 Å². The SMILES string of the molecule is CC1CC2OC2CC1COC(=O)C1CC(O)CCC1C. The third kappa shape index (κ3) is 3.01. The number of hydrogen-bond donors (Lipinski definition) is 1. The summed E-state index contributed by atoms with van der Waals surface area (Å²) >= 11 is 0. The van der Waals surface area contributed by atoms with Crippen LogP contribution in [-0.4, -0.2) is 36.0 Å². The van der Waals surface area contributed by atoms with Crippen LogP contribution in [0.15, 0.2) is 0 Å². The van der Waals surface area contributed by atoms with E-state index in [4.69, 9.17) is 9.47 Å². The van der Waals surface area contributed by atoms with E-state index in [0.29, 0.717) is 43.0 Å². The van der Waals surface area contributed by atoms with E-state index in [-0.39, 0.29) is 18.0 Å². The van der Waals surface area contributed by atoms with Crippen molar-refractivity contribution in [3.05, 3.63) is 0 Å². The molecular weight excluding hydrogens is 256 g/mol. The molecule has 0 radical (unpaired) electrons. The van der Waals surface area contributed by atoms with Gasteiger partial charge in [0.25, 0.3) is 0 Å². The van der Waals surface area contributed by atoms with Crippen molar-refractivity contribution in [3.63, 3.8) is 0 Å². The molecule has 1 saturated heterocycles. The highest BCUT2D eigenvalue weighted by atomic mass is 16.6. The molecule has 4 nitrogen and oxygen atoms in total. The van der Waals surface area contributed by atoms with E-state index in [0.717, 1.165) is 25.7 Å². The first-order valence-corrected chi connectivity index (χ1v) is 8.04. The lowest BCUT2D eigenvalue weighted by Crippen LogP contribution is -2.35. The predicted octanol–water partition coefficient (Wildman–Crippen LogP) is 2.14. The van der Waals surface area contributed by atoms with Crippen molar-refractivity contribution in [1.29, 1.82) is 0 Å². The number of fused-ring (bicyclic) bond motifs is 1. The summed E-state index contributed by atoms with van der Waals surface area (Å²) in [5.74, 6) is 1.10. The molecule has 1 N–H and O–H groups in total. The maximum Gasteiger partial charge on any atom is 0.309 e. The molecule has 0 aromatic carbocycles. The fourth-order valence-corrected chi connectivity index (χ4v) is 3.84. The van der Waals surface area contributed by atoms with Crippen LogP contribution in [0.2, 0.25) is 0 Å². The molecule has 3 fully saturated rings. The number of carbonyl (C=O) groups is 1. The molecule has 2 aliphatic carbocycles. The van der Waals surface area contributed by atoms with Crippen LogP contribution in [0.25, 0.3) is 0 Å². The molecule has 3 rings (SSSR count). The van der Waals surface area contributed by atoms with E-state index >= 15 is 0 Å². The van der Waals surface area contributed by atoms with Crippen LogP contribution in [-0.2, 0) is 14.3 Å². The predicted molar refractivity (Wildman–Crippen MR) is 74.0 cm³/mol. The molecule has 0 amide bonds. The highest BCUT2D eigenvalue weighted by Gasteiger charge is 2.47. The molecule has 20 heavy (non-hydrogen) atoms. The summed E-state index contributed by atoms with van der Waals surface area (Å²) < 4.78 is 11.1. The van der Waals surface area contributed by atoms with E-state index in [1.807, 2.05) is 0 Å². The summed E-state index contributed by atoms with van der Waals surface area (Å²) in [6.07, 6.45) is 4.99. The lowest BCUT2D eigenvalue weighted by molar-refractivity contribution is -0.155. The molecule has 4 heteroatoms. The van der Waals surface area contributed by atoms with Crippen molar-refractivity contribution >= 4 is 5.97 Å². The maximum absolute atomic E-state index is 12.2. The molecule has 0 aromatic heterocycles. The average Bonchev–Trinajstić information content (AvgIpc) is 3.16. The van der Waals surface area contributed by atoms with Gasteiger partial charge in [-0.15, -0.1) is 0 Å². The average molecular weight is 282 g/mol. The lowest BCUT2D eigenvalue weighted by atomic mass is 9.79. The van der Waals surface area contributed by atoms with Gasteiger partial charge in [-0.3, -0.25) is 4.79 Å². The Morgan fingerprint density at radius 2 is 1.90 bits per heavy atom. The topological polar surface area (TPSA) is 59.1 Å². The standard InChI is InChI=1S/C16H26O4/c1-9-3-4-12(17)7-13(9)16(18)19-8-11-6-15-14(20-15)5-10(11)2/h9-15,17H,3-8H2,1-2H3. The Kier molecular flexibility index (Phi) is 4.04. The molecule has 114 valence electrons. The summed E-state index contributed by atoms with van der Waals surface area (Å²) in [6.45, 7) is 4.83. The fraction of sp³-hybridized carbons (Fsp3) is 0.938. The number of carbonyl (C=O) groups excluding carboxylic acids is 1. The summed E-state index contributed by atoms with van der Waals surface area (Å²) in [6, 6.07) is 0. The van der Waals surface area contributed by atoms with Crippen LogP contribution in [0.1, 0.15) is 46.0 Å². The second kappa shape index (κ2) is 5.64. The number of epoxide rings is 1. The minimum absolute atomic E-state index is 0.109. The minimum atomic E-state index is -0.335. The molecule has 0 aromatic rings. The monoisotopic (exact) mass is 282 g/mol. The molecule has 1 heterocycles. The van der Waals surface area contributed by atoms with Crippen molar-refractivity contribution in [2.75, 3.05) is 6.61 Å². The van der Waals surface area contributed by atoms with Crippen LogP contribution in [0, 0.1) is 23.7 Å². The number of aliphatic hydroxyl groups excluding tert-OH is 1. The quantitative estimate of drug-likeness (QED) is 0.636. The Hall–Kier alpha value is -0.610. The Labute approximate surface area is 120 Å². The van der Waals surface area contributed by atoms with Gasteiger partial charge in [-0.2, -0.15) is 0 Å². The summed E-state index contributed by atoms with van der Waals surface area (Å²) in [4.78, 5) is 12.2. The Balaban J connectivity index is 1.48. The largest absolute Gasteiger partial charge is 0.465 e. The van der Waals surface area contributed by atoms with Crippen LogP contribution < -0.4 is 0 Å². The second-order valence-electron chi connectivity index (χ2n) is 7.10. The van der Waals surface area contributed by atoms with Crippen LogP contribution >= 0.6 is 0 Å². The van der Waals surface area contributed by atoms with E-state index in [2.05, 4.69) is 13.8 Å². The summed E-state index contributed by atoms with van der Waals surface area (Å²) in [5.41, 5.74) is 0. The van der Waals surface area contributed by atoms with Gasteiger partial charge < -0.3 is 14.6 Å². The van der Waals surface area contributed by atoms with Crippen molar-refractivity contribution < 1.29 is 19.4 Å². The van der Waals surface area contributed by atoms with Gasteiger partial charge in [0.05, 0.1) is 30.8 Å². The van der Waals surface area contributed by atoms with Gasteiger partial charge in [0, 0.05) is 0 Å². The number of aliphatic hydroxyl groups is 1. The van der Waals surface area contributed by atoms with Gasteiger partial charge >= 0.3 is 5.97 Å². The first-order chi connectivity index (χ1) is 9.54. The van der Waals surface area contributed by atoms with Crippen LogP contribution in [0.5, 0.6) is 0 Å². The van der Waals surface area contributed by atoms with Crippen LogP contribution in [0.4, 0.5) is 0 Å². The van der Waals surface area contributed by atoms with E-state index in [1.165, 1.54) is 0 Å². The maximum atomic E-state index is 12.2. The highest BCUT2D eigenvalue weighted by Crippen LogP contribution is 2.42. The summed E-state index contributed by atoms with van der Waals surface area (Å²) in [7, 11) is 0. The zero-order valence-electron chi connectivity index (χ0n) is 12.5. The second-order valence-corrected chi connectivity index (χ2v) is 7.10. The first kappa shape index (κ1) is 14.3. The fourth-order valence-electron chi connectivity index (χ4n) is 3.84. The van der Waals surface area contributed by atoms with E-state index in [1.54, 1.807) is 0 Å². The third-order valence-electron chi connectivity index (χ3n) is 5.54. The third-order valence-corrected chi connectivity index (χ3v) is 5.54. The molecule has 0 bridgehead atoms. The molecule has 1 aliphatic heterocycles. The number of rotatable bonds is 3. The Bertz CT molecular complexity index is 369. The van der Waals surface area contributed by atoms with Gasteiger partial charge in [-0.25, -0.2) is 0 Å². The van der Waals surface area contributed by atoms with Gasteiger partial charge in [0.2, 0.25) is 0 Å². The zero-order chi connectivity index (χ0) is 14.3. The molecule has 0 spiro atoms. The van der Waals surface area contributed by atoms with Crippen molar-refractivity contribution in [3.8, 4) is 0 Å². The van der Waals surface area contributed by atoms with E-state index < -0.39 is 0 Å². The zero-order valence-corrected chi connectivity index (χ0v) is 12.5. The van der Waals surface area contributed by atoms with Gasteiger partial charge in [0.15, 0.2) is 0 Å². The lowest BCUT2D eigenvalue weighted by Gasteiger charge is -2.31. The van der Waals surface area contributed by atoms with E-state index in [9.17, 15) is 9.90 Å². The van der Waals surface area contributed by atoms with Crippen molar-refractivity contribution in [2.45, 2.75) is 64.3 Å². The van der Waals surface area contributed by atoms with Gasteiger partial charge in [0.1, 0.15) is 0 Å². The molecular formula is C16H26O4. The summed E-state index contributed by atoms with van der Waals surface area (Å²) in [5, 5.41) is 9.72. The normalized spacial score (nSPS) is 47.5. The van der Waals surface area contributed by atoms with Gasteiger partial charge in [-0.1, -0.05) is 13.8 Å². The smallest absolute Gasteiger partial charge is 0.309 e. The number of esters is 1. The number of hydrogen-bond acceptors (Lipinski definition) is 4. The Morgan fingerprint density at radius 1 is 1.15 bits per heavy atom. The highest BCUT2D eigenvalue weighted by molar-refractivity contribution is 5.73.